The van der Waals surface area contributed by atoms with E-state index in [4.69, 9.17) is 26.3 Å². The van der Waals surface area contributed by atoms with Crippen molar-refractivity contribution >= 4 is 23.3 Å². The third-order valence-corrected chi connectivity index (χ3v) is 6.90. The van der Waals surface area contributed by atoms with Crippen molar-refractivity contribution in [1.29, 1.82) is 0 Å². The molecule has 1 saturated heterocycles. The Kier molecular flexibility index (Phi) is 6.79. The second-order valence-corrected chi connectivity index (χ2v) is 9.37. The summed E-state index contributed by atoms with van der Waals surface area (Å²) in [5, 5.41) is -0.698. The molecule has 3 aromatic rings. The fourth-order valence-electron chi connectivity index (χ4n) is 4.68. The molecule has 1 unspecified atom stereocenters. The number of ether oxygens (including phenoxy) is 1. The number of hydrogen-bond donors (Lipinski definition) is 0. The van der Waals surface area contributed by atoms with Crippen molar-refractivity contribution in [2.24, 2.45) is 0 Å². The number of rotatable bonds is 5. The molecule has 1 atom stereocenters. The minimum Gasteiger partial charge on any atom is -0.378 e. The van der Waals surface area contributed by atoms with Crippen molar-refractivity contribution in [3.05, 3.63) is 88.4 Å². The lowest BCUT2D eigenvalue weighted by Gasteiger charge is -2.35. The number of aromatic nitrogens is 2. The van der Waals surface area contributed by atoms with Gasteiger partial charge >= 0.3 is 0 Å². The molecule has 0 bridgehead atoms. The first-order valence-electron chi connectivity index (χ1n) is 11.8. The summed E-state index contributed by atoms with van der Waals surface area (Å²) in [6, 6.07) is 18.0. The molecule has 5 rings (SSSR count). The Morgan fingerprint density at radius 1 is 1.06 bits per heavy atom. The Hall–Kier alpha value is -2.96. The molecule has 0 aliphatic carbocycles. The van der Waals surface area contributed by atoms with Gasteiger partial charge in [0.15, 0.2) is 0 Å². The van der Waals surface area contributed by atoms with E-state index in [1.807, 2.05) is 35.2 Å². The van der Waals surface area contributed by atoms with Crippen LogP contribution in [0, 0.1) is 6.92 Å². The van der Waals surface area contributed by atoms with Gasteiger partial charge in [-0.15, -0.1) is 11.6 Å². The number of hydrogen-bond acceptors (Lipinski definition) is 5. The Bertz CT molecular complexity index is 1160. The first-order valence-corrected chi connectivity index (χ1v) is 12.3. The lowest BCUT2D eigenvalue weighted by atomic mass is 10.0. The smallest absolute Gasteiger partial charge is 0.245 e. The van der Waals surface area contributed by atoms with Gasteiger partial charge in [-0.1, -0.05) is 60.2 Å². The van der Waals surface area contributed by atoms with Gasteiger partial charge in [0.25, 0.3) is 0 Å². The van der Waals surface area contributed by atoms with E-state index in [1.54, 1.807) is 0 Å². The quantitative estimate of drug-likeness (QED) is 0.519. The average Bonchev–Trinajstić information content (AvgIpc) is 2.88. The maximum atomic E-state index is 13.3. The molecule has 6 nitrogen and oxygen atoms in total. The van der Waals surface area contributed by atoms with E-state index in [0.717, 1.165) is 41.6 Å². The third kappa shape index (κ3) is 4.93. The summed E-state index contributed by atoms with van der Waals surface area (Å²) in [5.41, 5.74) is 5.32. The Morgan fingerprint density at radius 2 is 1.85 bits per heavy atom. The van der Waals surface area contributed by atoms with Crippen LogP contribution in [0.4, 0.5) is 5.82 Å². The van der Waals surface area contributed by atoms with Crippen LogP contribution in [0.3, 0.4) is 0 Å². The lowest BCUT2D eigenvalue weighted by molar-refractivity contribution is -0.131. The van der Waals surface area contributed by atoms with Crippen LogP contribution in [0.2, 0.25) is 0 Å². The molecule has 2 aliphatic rings. The van der Waals surface area contributed by atoms with E-state index in [0.29, 0.717) is 39.1 Å². The van der Waals surface area contributed by atoms with Gasteiger partial charge in [0.05, 0.1) is 25.5 Å². The topological polar surface area (TPSA) is 58.6 Å². The summed E-state index contributed by atoms with van der Waals surface area (Å²) >= 11 is 6.58. The number of morpholine rings is 1. The molecule has 1 aromatic heterocycles. The molecule has 176 valence electrons. The number of carbonyl (C=O) groups is 1. The number of benzene rings is 2. The van der Waals surface area contributed by atoms with E-state index < -0.39 is 5.38 Å². The molecule has 1 amide bonds. The van der Waals surface area contributed by atoms with E-state index >= 15 is 0 Å². The Morgan fingerprint density at radius 3 is 2.62 bits per heavy atom. The molecule has 2 aromatic carbocycles. The molecule has 0 radical (unpaired) electrons. The van der Waals surface area contributed by atoms with Gasteiger partial charge < -0.3 is 14.5 Å². The summed E-state index contributed by atoms with van der Waals surface area (Å²) in [4.78, 5) is 27.3. The standard InChI is InChI=1S/C27H29ClN4O2/c1-19-6-5-7-20(16-19)17-24-29-23-10-11-32(27(33)25(28)21-8-3-2-4-9-21)18-22(23)26(30-24)31-12-14-34-15-13-31/h2-9,16,25H,10-15,17-18H2,1H3. The largest absolute Gasteiger partial charge is 0.378 e. The van der Waals surface area contributed by atoms with Crippen molar-refractivity contribution in [3.8, 4) is 0 Å². The molecule has 0 saturated carbocycles. The van der Waals surface area contributed by atoms with Gasteiger partial charge in [0, 0.05) is 38.0 Å². The molecule has 7 heteroatoms. The van der Waals surface area contributed by atoms with Gasteiger partial charge in [-0.25, -0.2) is 9.97 Å². The van der Waals surface area contributed by atoms with Crippen LogP contribution < -0.4 is 4.90 Å². The van der Waals surface area contributed by atoms with Crippen LogP contribution in [0.15, 0.2) is 54.6 Å². The van der Waals surface area contributed by atoms with Crippen LogP contribution in [-0.2, 0) is 28.9 Å². The van der Waals surface area contributed by atoms with E-state index in [1.165, 1.54) is 11.1 Å². The second-order valence-electron chi connectivity index (χ2n) is 8.94. The van der Waals surface area contributed by atoms with Crippen LogP contribution in [0.5, 0.6) is 0 Å². The molecular formula is C27H29ClN4O2. The van der Waals surface area contributed by atoms with Crippen molar-refractivity contribution in [2.45, 2.75) is 31.7 Å². The predicted octanol–water partition coefficient (Wildman–Crippen LogP) is 4.08. The number of nitrogens with zero attached hydrogens (tertiary/aromatic N) is 4. The molecule has 2 aliphatic heterocycles. The fraction of sp³-hybridized carbons (Fsp3) is 0.370. The fourth-order valence-corrected chi connectivity index (χ4v) is 4.96. The normalized spacial score (nSPS) is 16.8. The molecule has 3 heterocycles. The third-order valence-electron chi connectivity index (χ3n) is 6.46. The van der Waals surface area contributed by atoms with E-state index in [2.05, 4.69) is 36.1 Å². The van der Waals surface area contributed by atoms with Crippen molar-refractivity contribution in [3.63, 3.8) is 0 Å². The van der Waals surface area contributed by atoms with Gasteiger partial charge in [-0.3, -0.25) is 4.79 Å². The first kappa shape index (κ1) is 22.8. The van der Waals surface area contributed by atoms with Crippen molar-refractivity contribution in [2.75, 3.05) is 37.7 Å². The van der Waals surface area contributed by atoms with Gasteiger partial charge in [-0.05, 0) is 18.1 Å². The number of carbonyl (C=O) groups excluding carboxylic acids is 1. The lowest BCUT2D eigenvalue weighted by Crippen LogP contribution is -2.42. The zero-order valence-corrected chi connectivity index (χ0v) is 20.2. The van der Waals surface area contributed by atoms with E-state index in [9.17, 15) is 4.79 Å². The number of aryl methyl sites for hydroxylation is 1. The predicted molar refractivity (Wildman–Crippen MR) is 133 cm³/mol. The SMILES string of the molecule is Cc1cccc(Cc2nc3c(c(N4CCOCC4)n2)CN(C(=O)C(Cl)c2ccccc2)CC3)c1. The average molecular weight is 477 g/mol. The van der Waals surface area contributed by atoms with Crippen LogP contribution in [0.1, 0.15) is 39.1 Å². The van der Waals surface area contributed by atoms with Crippen molar-refractivity contribution in [1.82, 2.24) is 14.9 Å². The number of alkyl halides is 1. The highest BCUT2D eigenvalue weighted by atomic mass is 35.5. The summed E-state index contributed by atoms with van der Waals surface area (Å²) < 4.78 is 5.58. The zero-order chi connectivity index (χ0) is 23.5. The highest BCUT2D eigenvalue weighted by Gasteiger charge is 2.31. The zero-order valence-electron chi connectivity index (χ0n) is 19.4. The number of anilines is 1. The monoisotopic (exact) mass is 476 g/mol. The number of amides is 1. The van der Waals surface area contributed by atoms with Gasteiger partial charge in [0.2, 0.25) is 5.91 Å². The molecule has 1 fully saturated rings. The van der Waals surface area contributed by atoms with E-state index in [-0.39, 0.29) is 5.91 Å². The highest BCUT2D eigenvalue weighted by molar-refractivity contribution is 6.30. The minimum absolute atomic E-state index is 0.0738. The molecule has 34 heavy (non-hydrogen) atoms. The van der Waals surface area contributed by atoms with Crippen LogP contribution in [-0.4, -0.2) is 53.6 Å². The summed E-state index contributed by atoms with van der Waals surface area (Å²) in [5.74, 6) is 1.68. The number of fused-ring (bicyclic) bond motifs is 1. The van der Waals surface area contributed by atoms with Crippen LogP contribution in [0.25, 0.3) is 0 Å². The van der Waals surface area contributed by atoms with Crippen molar-refractivity contribution < 1.29 is 9.53 Å². The summed E-state index contributed by atoms with van der Waals surface area (Å²) in [6.45, 7) is 6.08. The highest BCUT2D eigenvalue weighted by Crippen LogP contribution is 2.31. The minimum atomic E-state index is -0.698. The molecule has 0 N–H and O–H groups in total. The van der Waals surface area contributed by atoms with Gasteiger partial charge in [-0.2, -0.15) is 0 Å². The van der Waals surface area contributed by atoms with Gasteiger partial charge in [0.1, 0.15) is 17.0 Å². The Balaban J connectivity index is 1.44. The van der Waals surface area contributed by atoms with Crippen LogP contribution >= 0.6 is 11.6 Å². The summed E-state index contributed by atoms with van der Waals surface area (Å²) in [7, 11) is 0. The second kappa shape index (κ2) is 10.1. The maximum Gasteiger partial charge on any atom is 0.245 e. The first-order chi connectivity index (χ1) is 16.6. The molecule has 0 spiro atoms. The summed E-state index contributed by atoms with van der Waals surface area (Å²) in [6.07, 6.45) is 1.38. The Labute approximate surface area is 205 Å². The maximum absolute atomic E-state index is 13.3. The molecular weight excluding hydrogens is 448 g/mol. The number of halogens is 1.